The van der Waals surface area contributed by atoms with Crippen LogP contribution in [0.5, 0.6) is 0 Å². The van der Waals surface area contributed by atoms with Gasteiger partial charge in [0.2, 0.25) is 0 Å². The van der Waals surface area contributed by atoms with Gasteiger partial charge in [0.25, 0.3) is 0 Å². The second kappa shape index (κ2) is 4.00. The summed E-state index contributed by atoms with van der Waals surface area (Å²) in [5.41, 5.74) is 1.24. The molecule has 0 aromatic carbocycles. The second-order valence-corrected chi connectivity index (χ2v) is 4.67. The zero-order chi connectivity index (χ0) is 7.40. The smallest absolute Gasteiger partial charge is 0.141 e. The Labute approximate surface area is 69.9 Å². The Morgan fingerprint density at radius 3 is 3.10 bits per heavy atom. The van der Waals surface area contributed by atoms with Crippen LogP contribution in [0.4, 0.5) is 0 Å². The van der Waals surface area contributed by atoms with Crippen molar-refractivity contribution in [2.45, 2.75) is 6.92 Å². The number of rotatable bonds is 1. The van der Waals surface area contributed by atoms with Gasteiger partial charge in [-0.15, -0.1) is 0 Å². The van der Waals surface area contributed by atoms with Crippen LogP contribution in [0.25, 0.3) is 0 Å². The average molecular weight is 252 g/mol. The summed E-state index contributed by atoms with van der Waals surface area (Å²) in [6, 6.07) is 0. The molecule has 0 unspecified atom stereocenters. The van der Waals surface area contributed by atoms with E-state index >= 15 is 0 Å². The molecular weight excluding hydrogens is 243 g/mol. The Morgan fingerprint density at radius 1 is 1.60 bits per heavy atom. The summed E-state index contributed by atoms with van der Waals surface area (Å²) < 4.78 is 1.79. The van der Waals surface area contributed by atoms with E-state index in [1.54, 1.807) is 0 Å². The minimum atomic E-state index is -0.125. The van der Waals surface area contributed by atoms with Crippen molar-refractivity contribution in [3.05, 3.63) is 23.8 Å². The Morgan fingerprint density at radius 2 is 2.40 bits per heavy atom. The molecule has 0 aromatic rings. The van der Waals surface area contributed by atoms with E-state index in [4.69, 9.17) is 5.26 Å². The van der Waals surface area contributed by atoms with Crippen molar-refractivity contribution in [3.8, 4) is 0 Å². The van der Waals surface area contributed by atoms with E-state index in [2.05, 4.69) is 11.0 Å². The van der Waals surface area contributed by atoms with E-state index in [9.17, 15) is 0 Å². The zero-order valence-electron chi connectivity index (χ0n) is 5.67. The lowest BCUT2D eigenvalue weighted by molar-refractivity contribution is -0.149. The van der Waals surface area contributed by atoms with E-state index in [0.717, 1.165) is 8.12 Å². The molecular formula is C7H9IO2. The topological polar surface area (TPSA) is 29.5 Å². The molecule has 0 amide bonds. The zero-order valence-corrected chi connectivity index (χ0v) is 7.83. The van der Waals surface area contributed by atoms with Crippen molar-refractivity contribution in [1.29, 1.82) is 0 Å². The lowest BCUT2D eigenvalue weighted by atomic mass is 10.3. The molecule has 1 aliphatic rings. The van der Waals surface area contributed by atoms with Crippen LogP contribution in [0.1, 0.15) is 6.92 Å². The maximum absolute atomic E-state index is 8.32. The summed E-state index contributed by atoms with van der Waals surface area (Å²) in [6.07, 6.45) is 5.96. The first-order chi connectivity index (χ1) is 4.83. The molecule has 2 nitrogen and oxygen atoms in total. The molecule has 0 bridgehead atoms. The van der Waals surface area contributed by atoms with Gasteiger partial charge in [0.1, 0.15) is 3.69 Å². The molecule has 0 fully saturated rings. The van der Waals surface area contributed by atoms with E-state index in [0.29, 0.717) is 0 Å². The highest BCUT2D eigenvalue weighted by molar-refractivity contribution is 14.2. The third-order valence-electron chi connectivity index (χ3n) is 1.17. The molecule has 0 saturated heterocycles. The molecule has 0 spiro atoms. The van der Waals surface area contributed by atoms with Crippen molar-refractivity contribution in [2.75, 3.05) is 4.43 Å². The lowest BCUT2D eigenvalue weighted by Gasteiger charge is -1.89. The van der Waals surface area contributed by atoms with Crippen LogP contribution in [0, 0.1) is 0 Å². The number of halogens is 1. The fourth-order valence-electron chi connectivity index (χ4n) is 0.601. The van der Waals surface area contributed by atoms with Crippen LogP contribution in [0.3, 0.4) is 0 Å². The normalized spacial score (nSPS) is 18.6. The highest BCUT2D eigenvalue weighted by Gasteiger charge is 1.94. The quantitative estimate of drug-likeness (QED) is 0.335. The van der Waals surface area contributed by atoms with E-state index in [1.807, 2.05) is 19.1 Å². The van der Waals surface area contributed by atoms with E-state index < -0.39 is 0 Å². The fourth-order valence-corrected chi connectivity index (χ4v) is 2.52. The number of hydrogen-bond donors (Lipinski definition) is 1. The molecule has 0 atom stereocenters. The third kappa shape index (κ3) is 2.32. The monoisotopic (exact) mass is 252 g/mol. The van der Waals surface area contributed by atoms with Gasteiger partial charge in [-0.05, 0) is 13.0 Å². The first-order valence-electron chi connectivity index (χ1n) is 2.95. The SMILES string of the molecule is CC1=CCI=C(OO)C=C1. The average Bonchev–Trinajstić information content (AvgIpc) is 2.14. The standard InChI is InChI=1S/C7H9IO2/c1-6-2-3-7(10-9)8-5-4-6/h2-4,9H,5H2,1H3. The van der Waals surface area contributed by atoms with Crippen molar-refractivity contribution >= 4 is 24.4 Å². The molecule has 56 valence electrons. The maximum Gasteiger partial charge on any atom is 0.141 e. The summed E-state index contributed by atoms with van der Waals surface area (Å²) in [4.78, 5) is 4.16. The number of alkyl halides is 1. The molecule has 0 aliphatic carbocycles. The Kier molecular flexibility index (Phi) is 3.24. The van der Waals surface area contributed by atoms with Crippen LogP contribution in [0.15, 0.2) is 23.8 Å². The van der Waals surface area contributed by atoms with Gasteiger partial charge in [0.15, 0.2) is 0 Å². The summed E-state index contributed by atoms with van der Waals surface area (Å²) >= 11 is -0.125. The highest BCUT2D eigenvalue weighted by atomic mass is 127. The van der Waals surface area contributed by atoms with Crippen LogP contribution in [0.2, 0.25) is 0 Å². The summed E-state index contributed by atoms with van der Waals surface area (Å²) in [7, 11) is 0. The molecule has 10 heavy (non-hydrogen) atoms. The second-order valence-electron chi connectivity index (χ2n) is 1.96. The molecule has 0 radical (unpaired) electrons. The Hall–Kier alpha value is 0. The van der Waals surface area contributed by atoms with Crippen molar-refractivity contribution in [1.82, 2.24) is 0 Å². The van der Waals surface area contributed by atoms with Gasteiger partial charge < -0.3 is 0 Å². The molecule has 0 aromatic heterocycles. The van der Waals surface area contributed by atoms with Crippen molar-refractivity contribution in [2.24, 2.45) is 0 Å². The number of allylic oxidation sites excluding steroid dienone is 3. The highest BCUT2D eigenvalue weighted by Crippen LogP contribution is 2.10. The first-order valence-corrected chi connectivity index (χ1v) is 5.55. The van der Waals surface area contributed by atoms with Gasteiger partial charge in [-0.1, -0.05) is 38.5 Å². The molecule has 1 rings (SSSR count). The van der Waals surface area contributed by atoms with Crippen molar-refractivity contribution < 1.29 is 10.1 Å². The summed E-state index contributed by atoms with van der Waals surface area (Å²) in [5.74, 6) is 0. The Balaban J connectivity index is 2.69. The van der Waals surface area contributed by atoms with Crippen LogP contribution in [-0.2, 0) is 4.89 Å². The van der Waals surface area contributed by atoms with E-state index in [-0.39, 0.29) is 20.7 Å². The summed E-state index contributed by atoms with van der Waals surface area (Å²) in [6.45, 7) is 2.04. The lowest BCUT2D eigenvalue weighted by Crippen LogP contribution is -1.91. The third-order valence-corrected chi connectivity index (χ3v) is 3.36. The fraction of sp³-hybridized carbons (Fsp3) is 0.286. The predicted molar refractivity (Wildman–Crippen MR) is 50.5 cm³/mol. The van der Waals surface area contributed by atoms with Gasteiger partial charge >= 0.3 is 0 Å². The van der Waals surface area contributed by atoms with Gasteiger partial charge in [-0.25, -0.2) is 5.26 Å². The number of hydrogen-bond acceptors (Lipinski definition) is 2. The molecule has 1 aliphatic heterocycles. The first kappa shape index (κ1) is 8.10. The van der Waals surface area contributed by atoms with Gasteiger partial charge in [-0.3, -0.25) is 0 Å². The largest absolute Gasteiger partial charge is 0.246 e. The Bertz CT molecular complexity index is 204. The van der Waals surface area contributed by atoms with Gasteiger partial charge in [0.05, 0.1) is 0 Å². The molecule has 3 heteroatoms. The van der Waals surface area contributed by atoms with Crippen LogP contribution >= 0.6 is 20.7 Å². The van der Waals surface area contributed by atoms with Crippen molar-refractivity contribution in [3.63, 3.8) is 0 Å². The van der Waals surface area contributed by atoms with Crippen LogP contribution < -0.4 is 0 Å². The minimum Gasteiger partial charge on any atom is -0.246 e. The molecule has 0 saturated carbocycles. The predicted octanol–water partition coefficient (Wildman–Crippen LogP) is 2.09. The maximum atomic E-state index is 8.32. The molecule has 1 N–H and O–H groups in total. The summed E-state index contributed by atoms with van der Waals surface area (Å²) in [5, 5.41) is 8.32. The van der Waals surface area contributed by atoms with Gasteiger partial charge in [0, 0.05) is 4.43 Å². The minimum absolute atomic E-state index is 0.125. The molecule has 1 heterocycles. The van der Waals surface area contributed by atoms with E-state index in [1.165, 1.54) is 5.57 Å². The van der Waals surface area contributed by atoms with Gasteiger partial charge in [-0.2, -0.15) is 4.89 Å². The van der Waals surface area contributed by atoms with Crippen LogP contribution in [-0.4, -0.2) is 13.4 Å².